The Bertz CT molecular complexity index is 752. The van der Waals surface area contributed by atoms with Crippen LogP contribution in [0.15, 0.2) is 35.7 Å². The third-order valence-corrected chi connectivity index (χ3v) is 6.58. The Morgan fingerprint density at radius 1 is 1.21 bits per heavy atom. The summed E-state index contributed by atoms with van der Waals surface area (Å²) in [5, 5.41) is 0. The molecule has 0 aliphatic carbocycles. The first kappa shape index (κ1) is 17.1. The highest BCUT2D eigenvalue weighted by molar-refractivity contribution is 7.89. The van der Waals surface area contributed by atoms with E-state index in [1.54, 1.807) is 27.4 Å². The molecule has 1 aromatic rings. The van der Waals surface area contributed by atoms with E-state index in [0.29, 0.717) is 44.0 Å². The molecule has 0 radical (unpaired) electrons. The molecule has 2 aliphatic rings. The number of rotatable bonds is 4. The van der Waals surface area contributed by atoms with Gasteiger partial charge in [-0.2, -0.15) is 4.31 Å². The molecule has 0 bridgehead atoms. The van der Waals surface area contributed by atoms with Gasteiger partial charge in [-0.1, -0.05) is 6.08 Å². The summed E-state index contributed by atoms with van der Waals surface area (Å²) >= 11 is 0. The van der Waals surface area contributed by atoms with Crippen molar-refractivity contribution in [2.75, 3.05) is 44.2 Å². The quantitative estimate of drug-likeness (QED) is 0.764. The Balaban J connectivity index is 1.79. The number of anilines is 1. The number of hydrogen-bond donors (Lipinski definition) is 0. The highest BCUT2D eigenvalue weighted by Crippen LogP contribution is 2.31. The van der Waals surface area contributed by atoms with E-state index < -0.39 is 10.0 Å². The molecule has 0 unspecified atom stereocenters. The normalized spacial score (nSPS) is 19.3. The van der Waals surface area contributed by atoms with E-state index in [0.717, 1.165) is 17.8 Å². The zero-order valence-corrected chi connectivity index (χ0v) is 14.8. The second kappa shape index (κ2) is 6.66. The first-order valence-corrected chi connectivity index (χ1v) is 9.62. The average Bonchev–Trinajstić information content (AvgIpc) is 2.99. The number of amides is 1. The van der Waals surface area contributed by atoms with Crippen LogP contribution in [0.25, 0.3) is 0 Å². The Morgan fingerprint density at radius 3 is 2.54 bits per heavy atom. The summed E-state index contributed by atoms with van der Waals surface area (Å²) in [7, 11) is -3.48. The van der Waals surface area contributed by atoms with Gasteiger partial charge in [0, 0.05) is 51.9 Å². The van der Waals surface area contributed by atoms with Gasteiger partial charge < -0.3 is 4.90 Å². The molecule has 2 heterocycles. The van der Waals surface area contributed by atoms with Crippen molar-refractivity contribution in [1.82, 2.24) is 9.21 Å². The van der Waals surface area contributed by atoms with Gasteiger partial charge in [-0.05, 0) is 30.2 Å². The van der Waals surface area contributed by atoms with E-state index in [2.05, 4.69) is 11.5 Å². The van der Waals surface area contributed by atoms with E-state index in [1.165, 1.54) is 6.92 Å². The molecule has 24 heavy (non-hydrogen) atoms. The monoisotopic (exact) mass is 349 g/mol. The number of carbonyl (C=O) groups excluding carboxylic acids is 1. The summed E-state index contributed by atoms with van der Waals surface area (Å²) in [6.07, 6.45) is 2.54. The van der Waals surface area contributed by atoms with Crippen LogP contribution < -0.4 is 4.90 Å². The standard InChI is InChI=1S/C17H23N3O3S/c1-3-7-18-9-11-19(12-10-18)24(22,23)16-4-5-17-15(13-16)6-8-20(17)14(2)21/h3-5,13H,1,6-12H2,2H3. The largest absolute Gasteiger partial charge is 0.312 e. The van der Waals surface area contributed by atoms with Crippen LogP contribution in [0.2, 0.25) is 0 Å². The number of sulfonamides is 1. The number of hydrogen-bond acceptors (Lipinski definition) is 4. The van der Waals surface area contributed by atoms with E-state index in [9.17, 15) is 13.2 Å². The SMILES string of the molecule is C=CCN1CCN(S(=O)(=O)c2ccc3c(c2)CCN3C(C)=O)CC1. The van der Waals surface area contributed by atoms with Crippen molar-refractivity contribution in [2.45, 2.75) is 18.2 Å². The number of carbonyl (C=O) groups is 1. The molecule has 2 aliphatic heterocycles. The molecule has 130 valence electrons. The van der Waals surface area contributed by atoms with Crippen molar-refractivity contribution in [1.29, 1.82) is 0 Å². The van der Waals surface area contributed by atoms with Crippen LogP contribution in [0.5, 0.6) is 0 Å². The molecule has 3 rings (SSSR count). The minimum absolute atomic E-state index is 0.0114. The molecular formula is C17H23N3O3S. The van der Waals surface area contributed by atoms with Crippen molar-refractivity contribution < 1.29 is 13.2 Å². The van der Waals surface area contributed by atoms with Gasteiger partial charge in [0.15, 0.2) is 0 Å². The first-order chi connectivity index (χ1) is 11.4. The Kier molecular flexibility index (Phi) is 4.76. The number of fused-ring (bicyclic) bond motifs is 1. The summed E-state index contributed by atoms with van der Waals surface area (Å²) < 4.78 is 27.3. The molecule has 1 saturated heterocycles. The van der Waals surface area contributed by atoms with Gasteiger partial charge in [0.25, 0.3) is 0 Å². The van der Waals surface area contributed by atoms with Crippen LogP contribution >= 0.6 is 0 Å². The molecule has 0 saturated carbocycles. The lowest BCUT2D eigenvalue weighted by atomic mass is 10.2. The molecule has 6 nitrogen and oxygen atoms in total. The van der Waals surface area contributed by atoms with Crippen LogP contribution in [-0.4, -0.2) is 62.8 Å². The van der Waals surface area contributed by atoms with Gasteiger partial charge >= 0.3 is 0 Å². The smallest absolute Gasteiger partial charge is 0.243 e. The van der Waals surface area contributed by atoms with Crippen molar-refractivity contribution in [3.05, 3.63) is 36.4 Å². The molecule has 1 aromatic carbocycles. The van der Waals surface area contributed by atoms with Gasteiger partial charge in [-0.3, -0.25) is 9.69 Å². The minimum Gasteiger partial charge on any atom is -0.312 e. The fraction of sp³-hybridized carbons (Fsp3) is 0.471. The Morgan fingerprint density at radius 2 is 1.92 bits per heavy atom. The van der Waals surface area contributed by atoms with E-state index in [1.807, 2.05) is 6.08 Å². The van der Waals surface area contributed by atoms with Crippen LogP contribution in [0.1, 0.15) is 12.5 Å². The Hall–Kier alpha value is -1.70. The summed E-state index contributed by atoms with van der Waals surface area (Å²) in [6, 6.07) is 5.10. The van der Waals surface area contributed by atoms with Gasteiger partial charge in [-0.25, -0.2) is 8.42 Å². The fourth-order valence-corrected chi connectivity index (χ4v) is 4.82. The summed E-state index contributed by atoms with van der Waals surface area (Å²) in [4.78, 5) is 15.8. The minimum atomic E-state index is -3.48. The van der Waals surface area contributed by atoms with Crippen molar-refractivity contribution >= 4 is 21.6 Å². The lowest BCUT2D eigenvalue weighted by molar-refractivity contribution is -0.116. The molecule has 1 fully saturated rings. The van der Waals surface area contributed by atoms with Gasteiger partial charge in [0.1, 0.15) is 0 Å². The molecule has 1 amide bonds. The first-order valence-electron chi connectivity index (χ1n) is 8.18. The third kappa shape index (κ3) is 3.11. The number of piperazine rings is 1. The van der Waals surface area contributed by atoms with E-state index in [-0.39, 0.29) is 5.91 Å². The molecule has 0 aromatic heterocycles. The molecule has 0 atom stereocenters. The summed E-state index contributed by atoms with van der Waals surface area (Å²) in [5.41, 5.74) is 1.76. The van der Waals surface area contributed by atoms with E-state index in [4.69, 9.17) is 0 Å². The van der Waals surface area contributed by atoms with Gasteiger partial charge in [0.2, 0.25) is 15.9 Å². The van der Waals surface area contributed by atoms with Crippen LogP contribution in [-0.2, 0) is 21.2 Å². The average molecular weight is 349 g/mol. The van der Waals surface area contributed by atoms with Gasteiger partial charge in [-0.15, -0.1) is 6.58 Å². The van der Waals surface area contributed by atoms with Crippen LogP contribution in [0, 0.1) is 0 Å². The lowest BCUT2D eigenvalue weighted by Crippen LogP contribution is -2.48. The molecule has 0 spiro atoms. The van der Waals surface area contributed by atoms with Crippen molar-refractivity contribution in [2.24, 2.45) is 0 Å². The van der Waals surface area contributed by atoms with E-state index >= 15 is 0 Å². The third-order valence-electron chi connectivity index (χ3n) is 4.68. The van der Waals surface area contributed by atoms with Crippen molar-refractivity contribution in [3.63, 3.8) is 0 Å². The van der Waals surface area contributed by atoms with Crippen LogP contribution in [0.3, 0.4) is 0 Å². The maximum atomic E-state index is 12.9. The predicted molar refractivity (Wildman–Crippen MR) is 93.6 cm³/mol. The second-order valence-corrected chi connectivity index (χ2v) is 8.14. The molecule has 7 heteroatoms. The molecular weight excluding hydrogens is 326 g/mol. The molecule has 0 N–H and O–H groups in total. The highest BCUT2D eigenvalue weighted by Gasteiger charge is 2.30. The lowest BCUT2D eigenvalue weighted by Gasteiger charge is -2.33. The number of benzene rings is 1. The predicted octanol–water partition coefficient (Wildman–Crippen LogP) is 1.09. The summed E-state index contributed by atoms with van der Waals surface area (Å²) in [6.45, 7) is 9.07. The zero-order valence-electron chi connectivity index (χ0n) is 13.9. The Labute approximate surface area is 143 Å². The highest BCUT2D eigenvalue weighted by atomic mass is 32.2. The second-order valence-electron chi connectivity index (χ2n) is 6.20. The summed E-state index contributed by atoms with van der Waals surface area (Å²) in [5.74, 6) is -0.0114. The number of nitrogens with zero attached hydrogens (tertiary/aromatic N) is 3. The maximum absolute atomic E-state index is 12.9. The topological polar surface area (TPSA) is 60.9 Å². The van der Waals surface area contributed by atoms with Gasteiger partial charge in [0.05, 0.1) is 4.90 Å². The fourth-order valence-electron chi connectivity index (χ4n) is 3.35. The maximum Gasteiger partial charge on any atom is 0.243 e. The zero-order chi connectivity index (χ0) is 17.3. The van der Waals surface area contributed by atoms with Crippen molar-refractivity contribution in [3.8, 4) is 0 Å². The van der Waals surface area contributed by atoms with Crippen LogP contribution in [0.4, 0.5) is 5.69 Å².